The highest BCUT2D eigenvalue weighted by molar-refractivity contribution is 5.84. The number of aliphatic hydroxyl groups is 1. The van der Waals surface area contributed by atoms with Gasteiger partial charge in [-0.2, -0.15) is 0 Å². The van der Waals surface area contributed by atoms with Crippen LogP contribution in [0, 0.1) is 0 Å². The van der Waals surface area contributed by atoms with Crippen molar-refractivity contribution in [1.82, 2.24) is 10.2 Å². The zero-order valence-electron chi connectivity index (χ0n) is 12.6. The van der Waals surface area contributed by atoms with Gasteiger partial charge in [0.15, 0.2) is 0 Å². The smallest absolute Gasteiger partial charge is 0.231 e. The zero-order valence-corrected chi connectivity index (χ0v) is 12.6. The molecule has 0 bridgehead atoms. The van der Waals surface area contributed by atoms with Crippen molar-refractivity contribution >= 4 is 5.91 Å². The third kappa shape index (κ3) is 3.11. The van der Waals surface area contributed by atoms with E-state index in [0.29, 0.717) is 19.5 Å². The average Bonchev–Trinajstić information content (AvgIpc) is 2.67. The molecule has 1 aromatic carbocycles. The van der Waals surface area contributed by atoms with Crippen LogP contribution in [0.1, 0.15) is 43.2 Å². The lowest BCUT2D eigenvalue weighted by Gasteiger charge is -2.31. The minimum atomic E-state index is -0.627. The average molecular weight is 288 g/mol. The van der Waals surface area contributed by atoms with E-state index < -0.39 is 5.60 Å². The highest BCUT2D eigenvalue weighted by atomic mass is 16.3. The van der Waals surface area contributed by atoms with E-state index in [-0.39, 0.29) is 11.8 Å². The Labute approximate surface area is 126 Å². The molecule has 0 radical (unpaired) electrons. The van der Waals surface area contributed by atoms with Crippen molar-refractivity contribution in [1.29, 1.82) is 0 Å². The summed E-state index contributed by atoms with van der Waals surface area (Å²) in [7, 11) is 0. The standard InChI is InChI=1S/C17H24N2O2/c1-17(21)7-4-9-19(10-8-17)16(20)15-12-18-11-13-5-2-3-6-14(13)15/h2-3,5-6,15,18,21H,4,7-12H2,1H3. The maximum atomic E-state index is 12.9. The largest absolute Gasteiger partial charge is 0.390 e. The van der Waals surface area contributed by atoms with Crippen LogP contribution in [0.15, 0.2) is 24.3 Å². The van der Waals surface area contributed by atoms with Gasteiger partial charge >= 0.3 is 0 Å². The Balaban J connectivity index is 1.77. The van der Waals surface area contributed by atoms with Gasteiger partial charge in [0.05, 0.1) is 11.5 Å². The molecule has 0 aliphatic carbocycles. The Kier molecular flexibility index (Phi) is 4.00. The maximum absolute atomic E-state index is 12.9. The molecule has 21 heavy (non-hydrogen) atoms. The fourth-order valence-corrected chi connectivity index (χ4v) is 3.42. The molecule has 2 heterocycles. The van der Waals surface area contributed by atoms with Crippen LogP contribution in [-0.2, 0) is 11.3 Å². The van der Waals surface area contributed by atoms with Gasteiger partial charge in [0.25, 0.3) is 0 Å². The topological polar surface area (TPSA) is 52.6 Å². The molecule has 0 saturated carbocycles. The van der Waals surface area contributed by atoms with Crippen LogP contribution in [0.3, 0.4) is 0 Å². The second kappa shape index (κ2) is 5.78. The quantitative estimate of drug-likeness (QED) is 0.826. The molecular weight excluding hydrogens is 264 g/mol. The van der Waals surface area contributed by atoms with E-state index in [4.69, 9.17) is 0 Å². The highest BCUT2D eigenvalue weighted by Gasteiger charge is 2.32. The third-order valence-electron chi connectivity index (χ3n) is 4.77. The fraction of sp³-hybridized carbons (Fsp3) is 0.588. The summed E-state index contributed by atoms with van der Waals surface area (Å²) in [6, 6.07) is 8.20. The normalized spacial score (nSPS) is 29.6. The second-order valence-electron chi connectivity index (χ2n) is 6.56. The number of hydrogen-bond acceptors (Lipinski definition) is 3. The van der Waals surface area contributed by atoms with E-state index >= 15 is 0 Å². The predicted molar refractivity (Wildman–Crippen MR) is 81.9 cm³/mol. The summed E-state index contributed by atoms with van der Waals surface area (Å²) in [6.07, 6.45) is 2.32. The molecule has 3 rings (SSSR count). The van der Waals surface area contributed by atoms with Crippen LogP contribution < -0.4 is 5.32 Å². The van der Waals surface area contributed by atoms with Crippen LogP contribution in [0.25, 0.3) is 0 Å². The Morgan fingerprint density at radius 2 is 2.14 bits per heavy atom. The number of carbonyl (C=O) groups excluding carboxylic acids is 1. The first-order chi connectivity index (χ1) is 10.1. The van der Waals surface area contributed by atoms with Crippen molar-refractivity contribution < 1.29 is 9.90 Å². The van der Waals surface area contributed by atoms with Gasteiger partial charge < -0.3 is 15.3 Å². The minimum absolute atomic E-state index is 0.0852. The van der Waals surface area contributed by atoms with Crippen LogP contribution in [-0.4, -0.2) is 41.1 Å². The first kappa shape index (κ1) is 14.5. The number of nitrogens with zero attached hydrogens (tertiary/aromatic N) is 1. The predicted octanol–water partition coefficient (Wildman–Crippen LogP) is 1.64. The number of carbonyl (C=O) groups is 1. The monoisotopic (exact) mass is 288 g/mol. The number of rotatable bonds is 1. The van der Waals surface area contributed by atoms with Crippen molar-refractivity contribution in [2.45, 2.75) is 44.2 Å². The number of likely N-dealkylation sites (tertiary alicyclic amines) is 1. The molecule has 2 N–H and O–H groups in total. The van der Waals surface area contributed by atoms with Crippen LogP contribution in [0.4, 0.5) is 0 Å². The summed E-state index contributed by atoms with van der Waals surface area (Å²) in [5, 5.41) is 13.5. The van der Waals surface area contributed by atoms with Crippen LogP contribution in [0.2, 0.25) is 0 Å². The van der Waals surface area contributed by atoms with Gasteiger partial charge in [0.2, 0.25) is 5.91 Å². The Morgan fingerprint density at radius 3 is 3.00 bits per heavy atom. The summed E-state index contributed by atoms with van der Waals surface area (Å²) in [5.74, 6) is 0.116. The molecule has 1 aromatic rings. The lowest BCUT2D eigenvalue weighted by molar-refractivity contribution is -0.133. The maximum Gasteiger partial charge on any atom is 0.231 e. The van der Waals surface area contributed by atoms with Crippen molar-refractivity contribution in [2.75, 3.05) is 19.6 Å². The number of hydrogen-bond donors (Lipinski definition) is 2. The van der Waals surface area contributed by atoms with E-state index in [1.54, 1.807) is 0 Å². The first-order valence-electron chi connectivity index (χ1n) is 7.86. The minimum Gasteiger partial charge on any atom is -0.390 e. The lowest BCUT2D eigenvalue weighted by Crippen LogP contribution is -2.42. The SMILES string of the molecule is CC1(O)CCCN(C(=O)C2CNCc3ccccc32)CC1. The van der Waals surface area contributed by atoms with Crippen molar-refractivity contribution in [3.05, 3.63) is 35.4 Å². The molecule has 2 atom stereocenters. The molecular formula is C17H24N2O2. The molecule has 1 amide bonds. The first-order valence-corrected chi connectivity index (χ1v) is 7.86. The van der Waals surface area contributed by atoms with Crippen LogP contribution >= 0.6 is 0 Å². The zero-order chi connectivity index (χ0) is 14.9. The van der Waals surface area contributed by atoms with E-state index in [1.807, 2.05) is 24.0 Å². The molecule has 0 aromatic heterocycles. The van der Waals surface area contributed by atoms with Gasteiger partial charge in [-0.25, -0.2) is 0 Å². The van der Waals surface area contributed by atoms with Gasteiger partial charge in [-0.1, -0.05) is 24.3 Å². The summed E-state index contributed by atoms with van der Waals surface area (Å²) in [4.78, 5) is 14.8. The third-order valence-corrected chi connectivity index (χ3v) is 4.77. The van der Waals surface area contributed by atoms with E-state index in [0.717, 1.165) is 31.5 Å². The summed E-state index contributed by atoms with van der Waals surface area (Å²) in [6.45, 7) is 4.84. The second-order valence-corrected chi connectivity index (χ2v) is 6.56. The van der Waals surface area contributed by atoms with Gasteiger partial charge in [0, 0.05) is 26.2 Å². The lowest BCUT2D eigenvalue weighted by atomic mass is 9.89. The molecule has 2 aliphatic heterocycles. The Hall–Kier alpha value is -1.39. The fourth-order valence-electron chi connectivity index (χ4n) is 3.42. The summed E-state index contributed by atoms with van der Waals surface area (Å²) >= 11 is 0. The summed E-state index contributed by atoms with van der Waals surface area (Å²) in [5.41, 5.74) is 1.76. The summed E-state index contributed by atoms with van der Waals surface area (Å²) < 4.78 is 0. The molecule has 2 aliphatic rings. The number of fused-ring (bicyclic) bond motifs is 1. The Morgan fingerprint density at radius 1 is 1.33 bits per heavy atom. The van der Waals surface area contributed by atoms with Gasteiger partial charge in [-0.05, 0) is 37.3 Å². The Bertz CT molecular complexity index is 527. The van der Waals surface area contributed by atoms with Gasteiger partial charge in [-0.15, -0.1) is 0 Å². The molecule has 1 fully saturated rings. The van der Waals surface area contributed by atoms with Crippen molar-refractivity contribution in [3.63, 3.8) is 0 Å². The van der Waals surface area contributed by atoms with Gasteiger partial charge in [-0.3, -0.25) is 4.79 Å². The number of nitrogens with one attached hydrogen (secondary N) is 1. The van der Waals surface area contributed by atoms with E-state index in [1.165, 1.54) is 5.56 Å². The van der Waals surface area contributed by atoms with Crippen molar-refractivity contribution in [3.8, 4) is 0 Å². The van der Waals surface area contributed by atoms with Gasteiger partial charge in [0.1, 0.15) is 0 Å². The molecule has 2 unspecified atom stereocenters. The van der Waals surface area contributed by atoms with Crippen LogP contribution in [0.5, 0.6) is 0 Å². The molecule has 0 spiro atoms. The van der Waals surface area contributed by atoms with E-state index in [2.05, 4.69) is 17.4 Å². The molecule has 114 valence electrons. The number of amides is 1. The van der Waals surface area contributed by atoms with Crippen molar-refractivity contribution in [2.24, 2.45) is 0 Å². The molecule has 4 nitrogen and oxygen atoms in total. The highest BCUT2D eigenvalue weighted by Crippen LogP contribution is 2.28. The van der Waals surface area contributed by atoms with E-state index in [9.17, 15) is 9.90 Å². The molecule has 1 saturated heterocycles. The molecule has 4 heteroatoms. The number of benzene rings is 1.